The summed E-state index contributed by atoms with van der Waals surface area (Å²) in [5, 5.41) is 0. The molecular formula is C10H19O4. The van der Waals surface area contributed by atoms with Crippen LogP contribution in [0.25, 0.3) is 0 Å². The molecule has 0 aromatic heterocycles. The second kappa shape index (κ2) is 5.66. The summed E-state index contributed by atoms with van der Waals surface area (Å²) in [5.41, 5.74) is 0. The molecule has 0 spiro atoms. The van der Waals surface area contributed by atoms with Gasteiger partial charge < -0.3 is 18.9 Å². The van der Waals surface area contributed by atoms with Crippen LogP contribution in [-0.2, 0) is 18.9 Å². The highest BCUT2D eigenvalue weighted by atomic mass is 16.6. The molecular weight excluding hydrogens is 184 g/mol. The molecule has 0 saturated carbocycles. The zero-order valence-electron chi connectivity index (χ0n) is 9.23. The van der Waals surface area contributed by atoms with Gasteiger partial charge in [-0.15, -0.1) is 0 Å². The van der Waals surface area contributed by atoms with Crippen molar-refractivity contribution in [2.75, 3.05) is 20.8 Å². The second-order valence-corrected chi connectivity index (χ2v) is 3.30. The third-order valence-electron chi connectivity index (χ3n) is 2.44. The first-order chi connectivity index (χ1) is 6.74. The van der Waals surface area contributed by atoms with Gasteiger partial charge in [-0.2, -0.15) is 0 Å². The Balaban J connectivity index is 2.64. The van der Waals surface area contributed by atoms with Gasteiger partial charge in [-0.05, 0) is 13.8 Å². The van der Waals surface area contributed by atoms with E-state index < -0.39 is 0 Å². The summed E-state index contributed by atoms with van der Waals surface area (Å²) in [6, 6.07) is 0. The molecule has 14 heavy (non-hydrogen) atoms. The molecule has 0 amide bonds. The van der Waals surface area contributed by atoms with Crippen molar-refractivity contribution >= 4 is 0 Å². The van der Waals surface area contributed by atoms with Crippen LogP contribution in [-0.4, -0.2) is 45.2 Å². The lowest BCUT2D eigenvalue weighted by Crippen LogP contribution is -2.52. The van der Waals surface area contributed by atoms with Gasteiger partial charge in [-0.25, -0.2) is 0 Å². The largest absolute Gasteiger partial charge is 0.376 e. The first kappa shape index (κ1) is 11.9. The minimum atomic E-state index is -0.156. The topological polar surface area (TPSA) is 36.9 Å². The SMILES string of the molecule is CCOC1C(OC)[CH]OC(C)C1OC. The maximum atomic E-state index is 5.60. The van der Waals surface area contributed by atoms with Crippen molar-refractivity contribution in [3.05, 3.63) is 6.61 Å². The lowest BCUT2D eigenvalue weighted by Gasteiger charge is -2.39. The second-order valence-electron chi connectivity index (χ2n) is 3.30. The predicted molar refractivity (Wildman–Crippen MR) is 51.9 cm³/mol. The summed E-state index contributed by atoms with van der Waals surface area (Å²) < 4.78 is 21.6. The maximum Gasteiger partial charge on any atom is 0.116 e. The summed E-state index contributed by atoms with van der Waals surface area (Å²) in [4.78, 5) is 0. The average molecular weight is 203 g/mol. The van der Waals surface area contributed by atoms with Crippen LogP contribution >= 0.6 is 0 Å². The molecule has 0 aromatic rings. The van der Waals surface area contributed by atoms with E-state index in [1.807, 2.05) is 13.8 Å². The Kier molecular flexibility index (Phi) is 4.81. The molecule has 1 aliphatic rings. The van der Waals surface area contributed by atoms with Crippen LogP contribution < -0.4 is 0 Å². The predicted octanol–water partition coefficient (Wildman–Crippen LogP) is 1.00. The van der Waals surface area contributed by atoms with Crippen LogP contribution in [0.15, 0.2) is 0 Å². The number of hydrogen-bond donors (Lipinski definition) is 0. The van der Waals surface area contributed by atoms with E-state index in [0.29, 0.717) is 6.61 Å². The normalized spacial score (nSPS) is 38.6. The van der Waals surface area contributed by atoms with E-state index in [9.17, 15) is 0 Å². The van der Waals surface area contributed by atoms with Gasteiger partial charge in [0.15, 0.2) is 0 Å². The van der Waals surface area contributed by atoms with Gasteiger partial charge in [0.05, 0.1) is 6.10 Å². The molecule has 1 rings (SSSR count). The molecule has 4 nitrogen and oxygen atoms in total. The number of ether oxygens (including phenoxy) is 4. The van der Waals surface area contributed by atoms with E-state index in [4.69, 9.17) is 18.9 Å². The van der Waals surface area contributed by atoms with Crippen molar-refractivity contribution in [3.63, 3.8) is 0 Å². The van der Waals surface area contributed by atoms with Crippen LogP contribution in [0.3, 0.4) is 0 Å². The van der Waals surface area contributed by atoms with Gasteiger partial charge in [0.2, 0.25) is 0 Å². The molecule has 4 atom stereocenters. The molecule has 4 unspecified atom stereocenters. The third-order valence-corrected chi connectivity index (χ3v) is 2.44. The van der Waals surface area contributed by atoms with Crippen LogP contribution in [0.2, 0.25) is 0 Å². The van der Waals surface area contributed by atoms with Crippen molar-refractivity contribution in [1.82, 2.24) is 0 Å². The Morgan fingerprint density at radius 3 is 2.43 bits per heavy atom. The summed E-state index contributed by atoms with van der Waals surface area (Å²) in [6.07, 6.45) is -0.317. The van der Waals surface area contributed by atoms with Crippen molar-refractivity contribution in [3.8, 4) is 0 Å². The number of hydrogen-bond acceptors (Lipinski definition) is 4. The van der Waals surface area contributed by atoms with Crippen molar-refractivity contribution in [1.29, 1.82) is 0 Å². The maximum absolute atomic E-state index is 5.60. The molecule has 1 saturated heterocycles. The smallest absolute Gasteiger partial charge is 0.116 e. The standard InChI is InChI=1S/C10H19O4/c1-5-13-10-8(11-3)6-14-7(2)9(10)12-4/h6-10H,5H2,1-4H3. The molecule has 1 fully saturated rings. The lowest BCUT2D eigenvalue weighted by molar-refractivity contribution is -0.191. The molecule has 1 radical (unpaired) electrons. The third kappa shape index (κ3) is 2.45. The van der Waals surface area contributed by atoms with E-state index in [-0.39, 0.29) is 24.4 Å². The molecule has 0 N–H and O–H groups in total. The van der Waals surface area contributed by atoms with Crippen molar-refractivity contribution in [2.24, 2.45) is 0 Å². The quantitative estimate of drug-likeness (QED) is 0.683. The Hall–Kier alpha value is -0.160. The van der Waals surface area contributed by atoms with Crippen LogP contribution in [0.4, 0.5) is 0 Å². The van der Waals surface area contributed by atoms with Gasteiger partial charge in [-0.1, -0.05) is 0 Å². The first-order valence-electron chi connectivity index (χ1n) is 4.90. The van der Waals surface area contributed by atoms with E-state index in [0.717, 1.165) is 0 Å². The van der Waals surface area contributed by atoms with Crippen molar-refractivity contribution in [2.45, 2.75) is 38.3 Å². The van der Waals surface area contributed by atoms with E-state index >= 15 is 0 Å². The average Bonchev–Trinajstić information content (AvgIpc) is 2.19. The van der Waals surface area contributed by atoms with Crippen LogP contribution in [0, 0.1) is 6.61 Å². The molecule has 0 bridgehead atoms. The molecule has 1 heterocycles. The van der Waals surface area contributed by atoms with E-state index in [2.05, 4.69) is 0 Å². The van der Waals surface area contributed by atoms with Gasteiger partial charge in [0.1, 0.15) is 24.9 Å². The van der Waals surface area contributed by atoms with Gasteiger partial charge in [-0.3, -0.25) is 0 Å². The summed E-state index contributed by atoms with van der Waals surface area (Å²) in [7, 11) is 3.30. The summed E-state index contributed by atoms with van der Waals surface area (Å²) >= 11 is 0. The molecule has 83 valence electrons. The fourth-order valence-electron chi connectivity index (χ4n) is 1.71. The first-order valence-corrected chi connectivity index (χ1v) is 4.90. The minimum absolute atomic E-state index is 0.00273. The Bertz CT molecular complexity index is 162. The van der Waals surface area contributed by atoms with Crippen LogP contribution in [0.5, 0.6) is 0 Å². The Morgan fingerprint density at radius 2 is 1.93 bits per heavy atom. The highest BCUT2D eigenvalue weighted by Crippen LogP contribution is 2.24. The summed E-state index contributed by atoms with van der Waals surface area (Å²) in [5.74, 6) is 0. The van der Waals surface area contributed by atoms with E-state index in [1.54, 1.807) is 20.8 Å². The fraction of sp³-hybridized carbons (Fsp3) is 0.900. The van der Waals surface area contributed by atoms with Gasteiger partial charge in [0, 0.05) is 20.8 Å². The zero-order chi connectivity index (χ0) is 10.6. The monoisotopic (exact) mass is 203 g/mol. The highest BCUT2D eigenvalue weighted by Gasteiger charge is 2.39. The molecule has 4 heteroatoms. The lowest BCUT2D eigenvalue weighted by atomic mass is 10.0. The van der Waals surface area contributed by atoms with Gasteiger partial charge in [0.25, 0.3) is 0 Å². The van der Waals surface area contributed by atoms with Crippen LogP contribution in [0.1, 0.15) is 13.8 Å². The number of methoxy groups -OCH3 is 2. The van der Waals surface area contributed by atoms with Crippen molar-refractivity contribution < 1.29 is 18.9 Å². The minimum Gasteiger partial charge on any atom is -0.376 e. The Labute approximate surface area is 85.5 Å². The van der Waals surface area contributed by atoms with Gasteiger partial charge >= 0.3 is 0 Å². The van der Waals surface area contributed by atoms with E-state index in [1.165, 1.54) is 0 Å². The molecule has 0 aromatic carbocycles. The fourth-order valence-corrected chi connectivity index (χ4v) is 1.71. The summed E-state index contributed by atoms with van der Waals surface area (Å²) in [6.45, 7) is 6.24. The molecule has 0 aliphatic carbocycles. The zero-order valence-corrected chi connectivity index (χ0v) is 9.23. The Morgan fingerprint density at radius 1 is 1.21 bits per heavy atom. The number of rotatable bonds is 4. The molecule has 1 aliphatic heterocycles. The highest BCUT2D eigenvalue weighted by molar-refractivity contribution is 4.93.